The van der Waals surface area contributed by atoms with E-state index in [9.17, 15) is 0 Å². The maximum Gasteiger partial charge on any atom is 0.128 e. The summed E-state index contributed by atoms with van der Waals surface area (Å²) >= 11 is 0. The van der Waals surface area contributed by atoms with Gasteiger partial charge in [-0.3, -0.25) is 5.41 Å². The largest absolute Gasteiger partial charge is 0.356 e. The number of amidine groups is 1. The molecule has 0 radical (unpaired) electrons. The van der Waals surface area contributed by atoms with E-state index in [0.29, 0.717) is 0 Å². The first-order chi connectivity index (χ1) is 8.33. The molecule has 0 unspecified atom stereocenters. The molecule has 2 nitrogen and oxygen atoms in total. The van der Waals surface area contributed by atoms with Crippen molar-refractivity contribution in [1.29, 1.82) is 5.41 Å². The maximum absolute atomic E-state index is 8.36. The molecule has 0 spiro atoms. The molecule has 0 heterocycles. The zero-order valence-electron chi connectivity index (χ0n) is 10.2. The van der Waals surface area contributed by atoms with Crippen LogP contribution in [0.2, 0.25) is 0 Å². The van der Waals surface area contributed by atoms with Crippen molar-refractivity contribution in [2.75, 3.05) is 13.1 Å². The first-order valence-electron chi connectivity index (χ1n) is 6.72. The van der Waals surface area contributed by atoms with Crippen LogP contribution in [0.3, 0.4) is 0 Å². The van der Waals surface area contributed by atoms with E-state index in [0.717, 1.165) is 36.3 Å². The molecule has 0 saturated heterocycles. The Bertz CT molecular complexity index is 377. The lowest BCUT2D eigenvalue weighted by Crippen LogP contribution is -2.34. The minimum absolute atomic E-state index is 0.726. The van der Waals surface area contributed by atoms with Gasteiger partial charge in [0, 0.05) is 18.7 Å². The lowest BCUT2D eigenvalue weighted by atomic mass is 10.1. The number of hydrogen-bond donors (Lipinski definition) is 1. The Labute approximate surface area is 103 Å². The molecule has 0 bridgehead atoms. The third kappa shape index (κ3) is 2.87. The summed E-state index contributed by atoms with van der Waals surface area (Å²) in [5.74, 6) is 2.44. The number of nitrogens with one attached hydrogen (secondary N) is 1. The first-order valence-corrected chi connectivity index (χ1v) is 6.72. The lowest BCUT2D eigenvalue weighted by Gasteiger charge is -2.25. The summed E-state index contributed by atoms with van der Waals surface area (Å²) in [6.45, 7) is 2.20. The van der Waals surface area contributed by atoms with Gasteiger partial charge in [0.1, 0.15) is 5.84 Å². The van der Waals surface area contributed by atoms with Gasteiger partial charge < -0.3 is 4.90 Å². The van der Waals surface area contributed by atoms with Crippen LogP contribution in [0.5, 0.6) is 0 Å². The van der Waals surface area contributed by atoms with Gasteiger partial charge in [-0.15, -0.1) is 0 Å². The summed E-state index contributed by atoms with van der Waals surface area (Å²) in [6.07, 6.45) is 5.46. The summed E-state index contributed by atoms with van der Waals surface area (Å²) < 4.78 is 0. The average molecular weight is 228 g/mol. The second kappa shape index (κ2) is 4.52. The van der Waals surface area contributed by atoms with Crippen LogP contribution in [-0.4, -0.2) is 23.8 Å². The maximum atomic E-state index is 8.36. The third-order valence-corrected chi connectivity index (χ3v) is 3.71. The second-order valence-corrected chi connectivity index (χ2v) is 5.51. The second-order valence-electron chi connectivity index (χ2n) is 5.51. The Morgan fingerprint density at radius 3 is 2.00 bits per heavy atom. The van der Waals surface area contributed by atoms with Crippen molar-refractivity contribution >= 4 is 5.84 Å². The van der Waals surface area contributed by atoms with Gasteiger partial charge in [0.05, 0.1) is 0 Å². The molecule has 0 aromatic heterocycles. The minimum atomic E-state index is 0.726. The van der Waals surface area contributed by atoms with Gasteiger partial charge >= 0.3 is 0 Å². The SMILES string of the molecule is N=C(c1ccccc1)N(CC1CC1)CC1CC1. The molecule has 1 aromatic carbocycles. The Morgan fingerprint density at radius 2 is 1.53 bits per heavy atom. The molecule has 90 valence electrons. The van der Waals surface area contributed by atoms with E-state index in [-0.39, 0.29) is 0 Å². The molecule has 3 rings (SSSR count). The van der Waals surface area contributed by atoms with E-state index in [1.54, 1.807) is 0 Å². The molecule has 2 aliphatic rings. The summed E-state index contributed by atoms with van der Waals surface area (Å²) in [5, 5.41) is 8.36. The van der Waals surface area contributed by atoms with Gasteiger partial charge in [0.2, 0.25) is 0 Å². The Hall–Kier alpha value is -1.31. The van der Waals surface area contributed by atoms with Crippen molar-refractivity contribution in [3.05, 3.63) is 35.9 Å². The summed E-state index contributed by atoms with van der Waals surface area (Å²) in [6, 6.07) is 10.2. The van der Waals surface area contributed by atoms with E-state index in [1.165, 1.54) is 25.7 Å². The van der Waals surface area contributed by atoms with Crippen molar-refractivity contribution in [3.8, 4) is 0 Å². The molecule has 1 N–H and O–H groups in total. The fraction of sp³-hybridized carbons (Fsp3) is 0.533. The highest BCUT2D eigenvalue weighted by molar-refractivity contribution is 5.96. The zero-order valence-corrected chi connectivity index (χ0v) is 10.2. The summed E-state index contributed by atoms with van der Waals surface area (Å²) in [4.78, 5) is 2.31. The highest BCUT2D eigenvalue weighted by atomic mass is 15.2. The number of benzene rings is 1. The Morgan fingerprint density at radius 1 is 1.00 bits per heavy atom. The average Bonchev–Trinajstić information content (AvgIpc) is 3.23. The molecule has 0 atom stereocenters. The monoisotopic (exact) mass is 228 g/mol. The smallest absolute Gasteiger partial charge is 0.128 e. The van der Waals surface area contributed by atoms with Gasteiger partial charge in [-0.05, 0) is 37.5 Å². The highest BCUT2D eigenvalue weighted by Crippen LogP contribution is 2.34. The Balaban J connectivity index is 1.69. The molecular weight excluding hydrogens is 208 g/mol. The van der Waals surface area contributed by atoms with E-state index in [2.05, 4.69) is 17.0 Å². The first kappa shape index (κ1) is 10.8. The van der Waals surface area contributed by atoms with E-state index in [4.69, 9.17) is 5.41 Å². The van der Waals surface area contributed by atoms with Crippen molar-refractivity contribution in [2.24, 2.45) is 11.8 Å². The fourth-order valence-electron chi connectivity index (χ4n) is 2.26. The van der Waals surface area contributed by atoms with Crippen molar-refractivity contribution in [2.45, 2.75) is 25.7 Å². The molecule has 1 aromatic rings. The van der Waals surface area contributed by atoms with E-state index < -0.39 is 0 Å². The van der Waals surface area contributed by atoms with Gasteiger partial charge in [-0.25, -0.2) is 0 Å². The van der Waals surface area contributed by atoms with Crippen LogP contribution in [0.4, 0.5) is 0 Å². The third-order valence-electron chi connectivity index (χ3n) is 3.71. The van der Waals surface area contributed by atoms with E-state index >= 15 is 0 Å². The fourth-order valence-corrected chi connectivity index (χ4v) is 2.26. The van der Waals surface area contributed by atoms with E-state index in [1.807, 2.05) is 18.2 Å². The molecule has 2 fully saturated rings. The zero-order chi connectivity index (χ0) is 11.7. The van der Waals surface area contributed by atoms with Crippen molar-refractivity contribution < 1.29 is 0 Å². The standard InChI is InChI=1S/C15H20N2/c16-15(14-4-2-1-3-5-14)17(10-12-6-7-12)11-13-8-9-13/h1-5,12-13,16H,6-11H2. The molecule has 2 aliphatic carbocycles. The molecule has 0 amide bonds. The topological polar surface area (TPSA) is 27.1 Å². The normalized spacial score (nSPS) is 19.1. The summed E-state index contributed by atoms with van der Waals surface area (Å²) in [7, 11) is 0. The van der Waals surface area contributed by atoms with Crippen LogP contribution in [-0.2, 0) is 0 Å². The van der Waals surface area contributed by atoms with Crippen LogP contribution in [0.15, 0.2) is 30.3 Å². The van der Waals surface area contributed by atoms with Crippen LogP contribution in [0.25, 0.3) is 0 Å². The Kier molecular flexibility index (Phi) is 2.87. The molecule has 0 aliphatic heterocycles. The quantitative estimate of drug-likeness (QED) is 0.608. The molecule has 2 saturated carbocycles. The van der Waals surface area contributed by atoms with Crippen molar-refractivity contribution in [1.82, 2.24) is 4.90 Å². The van der Waals surface area contributed by atoms with Gasteiger partial charge in [-0.2, -0.15) is 0 Å². The number of nitrogens with zero attached hydrogens (tertiary/aromatic N) is 1. The summed E-state index contributed by atoms with van der Waals surface area (Å²) in [5.41, 5.74) is 1.06. The van der Waals surface area contributed by atoms with Gasteiger partial charge in [-0.1, -0.05) is 30.3 Å². The van der Waals surface area contributed by atoms with Gasteiger partial charge in [0.25, 0.3) is 0 Å². The number of hydrogen-bond acceptors (Lipinski definition) is 1. The minimum Gasteiger partial charge on any atom is -0.356 e. The van der Waals surface area contributed by atoms with Gasteiger partial charge in [0.15, 0.2) is 0 Å². The predicted molar refractivity (Wildman–Crippen MR) is 70.3 cm³/mol. The van der Waals surface area contributed by atoms with Crippen LogP contribution in [0.1, 0.15) is 31.2 Å². The highest BCUT2D eigenvalue weighted by Gasteiger charge is 2.30. The van der Waals surface area contributed by atoms with Crippen LogP contribution in [0, 0.1) is 17.2 Å². The lowest BCUT2D eigenvalue weighted by molar-refractivity contribution is 0.381. The van der Waals surface area contributed by atoms with Crippen LogP contribution < -0.4 is 0 Å². The molecular formula is C15H20N2. The number of rotatable bonds is 5. The predicted octanol–water partition coefficient (Wildman–Crippen LogP) is 3.13. The van der Waals surface area contributed by atoms with Crippen molar-refractivity contribution in [3.63, 3.8) is 0 Å². The molecule has 2 heteroatoms. The van der Waals surface area contributed by atoms with Crippen LogP contribution >= 0.6 is 0 Å². The molecule has 17 heavy (non-hydrogen) atoms.